The van der Waals surface area contributed by atoms with E-state index in [1.165, 1.54) is 0 Å². The molecule has 1 aromatic rings. The summed E-state index contributed by atoms with van der Waals surface area (Å²) in [5, 5.41) is 5.86. The standard InChI is InChI=1S/C9H10ClN3O/c10-8-5-7(3-4-11-8)13-9(14)12-6-1-2-6/h3-6H,1-2H2,(H2,11,12,13,14). The van der Waals surface area contributed by atoms with Gasteiger partial charge in [-0.1, -0.05) is 11.6 Å². The van der Waals surface area contributed by atoms with E-state index in [0.717, 1.165) is 12.8 Å². The first-order valence-corrected chi connectivity index (χ1v) is 4.81. The Morgan fingerprint density at radius 1 is 1.57 bits per heavy atom. The second-order valence-electron chi connectivity index (χ2n) is 3.24. The Labute approximate surface area is 86.7 Å². The first-order chi connectivity index (χ1) is 6.74. The van der Waals surface area contributed by atoms with Gasteiger partial charge in [0.2, 0.25) is 0 Å². The molecular formula is C9H10ClN3O. The molecule has 1 saturated carbocycles. The Morgan fingerprint density at radius 2 is 2.36 bits per heavy atom. The predicted octanol–water partition coefficient (Wildman–Crippen LogP) is 2.02. The largest absolute Gasteiger partial charge is 0.335 e. The van der Waals surface area contributed by atoms with Crippen LogP contribution in [0.2, 0.25) is 5.15 Å². The zero-order chi connectivity index (χ0) is 9.97. The van der Waals surface area contributed by atoms with Gasteiger partial charge in [0.05, 0.1) is 0 Å². The van der Waals surface area contributed by atoms with E-state index in [2.05, 4.69) is 15.6 Å². The zero-order valence-corrected chi connectivity index (χ0v) is 8.21. The Kier molecular flexibility index (Phi) is 2.54. The summed E-state index contributed by atoms with van der Waals surface area (Å²) < 4.78 is 0. The average Bonchev–Trinajstić information content (AvgIpc) is 2.87. The van der Waals surface area contributed by atoms with E-state index in [4.69, 9.17) is 11.6 Å². The van der Waals surface area contributed by atoms with Gasteiger partial charge in [0.1, 0.15) is 5.15 Å². The van der Waals surface area contributed by atoms with Crippen molar-refractivity contribution in [2.24, 2.45) is 0 Å². The first kappa shape index (κ1) is 9.27. The molecule has 0 unspecified atom stereocenters. The maximum absolute atomic E-state index is 11.3. The Balaban J connectivity index is 1.92. The Hall–Kier alpha value is -1.29. The van der Waals surface area contributed by atoms with E-state index in [9.17, 15) is 4.79 Å². The monoisotopic (exact) mass is 211 g/mol. The SMILES string of the molecule is O=C(Nc1ccnc(Cl)c1)NC1CC1. The van der Waals surface area contributed by atoms with Crippen LogP contribution in [0.4, 0.5) is 10.5 Å². The fraction of sp³-hybridized carbons (Fsp3) is 0.333. The fourth-order valence-electron chi connectivity index (χ4n) is 1.06. The van der Waals surface area contributed by atoms with E-state index >= 15 is 0 Å². The molecule has 1 aliphatic rings. The Bertz CT molecular complexity index is 352. The summed E-state index contributed by atoms with van der Waals surface area (Å²) in [4.78, 5) is 15.1. The van der Waals surface area contributed by atoms with Crippen LogP contribution < -0.4 is 10.6 Å². The van der Waals surface area contributed by atoms with Crippen LogP contribution in [0.1, 0.15) is 12.8 Å². The number of pyridine rings is 1. The summed E-state index contributed by atoms with van der Waals surface area (Å²) in [6.45, 7) is 0. The van der Waals surface area contributed by atoms with Gasteiger partial charge in [-0.05, 0) is 25.0 Å². The minimum Gasteiger partial charge on any atom is -0.335 e. The molecule has 0 saturated heterocycles. The number of anilines is 1. The lowest BCUT2D eigenvalue weighted by Gasteiger charge is -2.05. The number of nitrogens with one attached hydrogen (secondary N) is 2. The molecule has 0 atom stereocenters. The highest BCUT2D eigenvalue weighted by Crippen LogP contribution is 2.19. The highest BCUT2D eigenvalue weighted by molar-refractivity contribution is 6.29. The maximum atomic E-state index is 11.3. The van der Waals surface area contributed by atoms with Crippen LogP contribution >= 0.6 is 11.6 Å². The minimum absolute atomic E-state index is 0.185. The molecular weight excluding hydrogens is 202 g/mol. The number of rotatable bonds is 2. The van der Waals surface area contributed by atoms with Crippen molar-refractivity contribution in [3.63, 3.8) is 0 Å². The van der Waals surface area contributed by atoms with Crippen molar-refractivity contribution in [3.05, 3.63) is 23.5 Å². The number of nitrogens with zero attached hydrogens (tertiary/aromatic N) is 1. The van der Waals surface area contributed by atoms with Crippen molar-refractivity contribution in [1.82, 2.24) is 10.3 Å². The summed E-state index contributed by atoms with van der Waals surface area (Å²) in [5.41, 5.74) is 0.656. The topological polar surface area (TPSA) is 54.0 Å². The third-order valence-corrected chi connectivity index (χ3v) is 2.10. The van der Waals surface area contributed by atoms with Crippen molar-refractivity contribution in [1.29, 1.82) is 0 Å². The van der Waals surface area contributed by atoms with Crippen molar-refractivity contribution in [2.75, 3.05) is 5.32 Å². The molecule has 1 aromatic heterocycles. The number of hydrogen-bond donors (Lipinski definition) is 2. The number of urea groups is 1. The van der Waals surface area contributed by atoms with E-state index in [-0.39, 0.29) is 6.03 Å². The van der Waals surface area contributed by atoms with Crippen molar-refractivity contribution in [3.8, 4) is 0 Å². The normalized spacial score (nSPS) is 14.9. The van der Waals surface area contributed by atoms with Crippen LogP contribution in [-0.2, 0) is 0 Å². The van der Waals surface area contributed by atoms with Gasteiger partial charge in [0, 0.05) is 17.9 Å². The summed E-state index contributed by atoms with van der Waals surface area (Å²) in [5.74, 6) is 0. The molecule has 2 N–H and O–H groups in total. The van der Waals surface area contributed by atoms with Crippen LogP contribution in [0.3, 0.4) is 0 Å². The van der Waals surface area contributed by atoms with Gasteiger partial charge in [-0.25, -0.2) is 9.78 Å². The molecule has 0 spiro atoms. The lowest BCUT2D eigenvalue weighted by Crippen LogP contribution is -2.30. The van der Waals surface area contributed by atoms with E-state index in [1.807, 2.05) is 0 Å². The van der Waals surface area contributed by atoms with E-state index in [1.54, 1.807) is 18.3 Å². The number of amides is 2. The van der Waals surface area contributed by atoms with Gasteiger partial charge in [0.15, 0.2) is 0 Å². The molecule has 74 valence electrons. The van der Waals surface area contributed by atoms with Crippen LogP contribution in [0.15, 0.2) is 18.3 Å². The molecule has 1 heterocycles. The van der Waals surface area contributed by atoms with Crippen molar-refractivity contribution < 1.29 is 4.79 Å². The van der Waals surface area contributed by atoms with Gasteiger partial charge in [-0.3, -0.25) is 0 Å². The molecule has 2 rings (SSSR count). The smallest absolute Gasteiger partial charge is 0.319 e. The quantitative estimate of drug-likeness (QED) is 0.736. The van der Waals surface area contributed by atoms with Gasteiger partial charge in [0.25, 0.3) is 0 Å². The van der Waals surface area contributed by atoms with Crippen LogP contribution in [0.5, 0.6) is 0 Å². The highest BCUT2D eigenvalue weighted by atomic mass is 35.5. The highest BCUT2D eigenvalue weighted by Gasteiger charge is 2.23. The number of carbonyl (C=O) groups excluding carboxylic acids is 1. The van der Waals surface area contributed by atoms with Crippen LogP contribution in [0, 0.1) is 0 Å². The van der Waals surface area contributed by atoms with Gasteiger partial charge in [-0.2, -0.15) is 0 Å². The molecule has 0 bridgehead atoms. The van der Waals surface area contributed by atoms with Gasteiger partial charge < -0.3 is 10.6 Å². The molecule has 0 aliphatic heterocycles. The number of halogens is 1. The number of hydrogen-bond acceptors (Lipinski definition) is 2. The fourth-order valence-corrected chi connectivity index (χ4v) is 1.23. The summed E-state index contributed by atoms with van der Waals surface area (Å²) >= 11 is 5.66. The third kappa shape index (κ3) is 2.60. The molecule has 5 heteroatoms. The molecule has 14 heavy (non-hydrogen) atoms. The maximum Gasteiger partial charge on any atom is 0.319 e. The second kappa shape index (κ2) is 3.84. The average molecular weight is 212 g/mol. The zero-order valence-electron chi connectivity index (χ0n) is 7.46. The summed E-state index contributed by atoms with van der Waals surface area (Å²) in [6, 6.07) is 3.47. The van der Waals surface area contributed by atoms with Gasteiger partial charge >= 0.3 is 6.03 Å². The van der Waals surface area contributed by atoms with Gasteiger partial charge in [-0.15, -0.1) is 0 Å². The third-order valence-electron chi connectivity index (χ3n) is 1.90. The van der Waals surface area contributed by atoms with Crippen LogP contribution in [0.25, 0.3) is 0 Å². The summed E-state index contributed by atoms with van der Waals surface area (Å²) in [7, 11) is 0. The number of aromatic nitrogens is 1. The van der Waals surface area contributed by atoms with E-state index in [0.29, 0.717) is 16.9 Å². The first-order valence-electron chi connectivity index (χ1n) is 4.43. The van der Waals surface area contributed by atoms with Crippen molar-refractivity contribution in [2.45, 2.75) is 18.9 Å². The molecule has 1 aliphatic carbocycles. The predicted molar refractivity (Wildman–Crippen MR) is 54.4 cm³/mol. The molecule has 0 radical (unpaired) electrons. The second-order valence-corrected chi connectivity index (χ2v) is 3.63. The lowest BCUT2D eigenvalue weighted by molar-refractivity contribution is 0.251. The number of carbonyl (C=O) groups is 1. The Morgan fingerprint density at radius 3 is 3.00 bits per heavy atom. The van der Waals surface area contributed by atoms with E-state index < -0.39 is 0 Å². The summed E-state index contributed by atoms with van der Waals surface area (Å²) in [6.07, 6.45) is 3.70. The molecule has 1 fully saturated rings. The van der Waals surface area contributed by atoms with Crippen LogP contribution in [-0.4, -0.2) is 17.1 Å². The molecule has 4 nitrogen and oxygen atoms in total. The molecule has 0 aromatic carbocycles. The molecule has 2 amide bonds. The lowest BCUT2D eigenvalue weighted by atomic mass is 10.4. The minimum atomic E-state index is -0.185. The van der Waals surface area contributed by atoms with Crippen molar-refractivity contribution >= 4 is 23.3 Å².